The molecule has 1 fully saturated rings. The lowest BCUT2D eigenvalue weighted by molar-refractivity contribution is 0.108. The van der Waals surface area contributed by atoms with Crippen molar-refractivity contribution in [2.45, 2.75) is 63.5 Å². The highest BCUT2D eigenvalue weighted by atomic mass is 32.2. The number of nitrogens with zero attached hydrogens (tertiary/aromatic N) is 3. The zero-order valence-corrected chi connectivity index (χ0v) is 18.1. The monoisotopic (exact) mass is 407 g/mol. The molecule has 2 heterocycles. The van der Waals surface area contributed by atoms with Crippen molar-refractivity contribution in [1.82, 2.24) is 14.9 Å². The molecule has 1 unspecified atom stereocenters. The first-order valence-corrected chi connectivity index (χ1v) is 12.3. The summed E-state index contributed by atoms with van der Waals surface area (Å²) < 4.78 is 18.6. The molecule has 0 aliphatic heterocycles. The zero-order valence-electron chi connectivity index (χ0n) is 16.4. The van der Waals surface area contributed by atoms with Crippen molar-refractivity contribution in [3.8, 4) is 5.88 Å². The van der Waals surface area contributed by atoms with Crippen LogP contribution in [-0.4, -0.2) is 56.8 Å². The van der Waals surface area contributed by atoms with Crippen molar-refractivity contribution in [3.05, 3.63) is 16.8 Å². The van der Waals surface area contributed by atoms with Gasteiger partial charge in [0, 0.05) is 33.2 Å². The molecule has 0 bridgehead atoms. The predicted octanol–water partition coefficient (Wildman–Crippen LogP) is 3.74. The van der Waals surface area contributed by atoms with Crippen LogP contribution in [0.1, 0.15) is 55.4 Å². The van der Waals surface area contributed by atoms with E-state index in [1.807, 2.05) is 6.92 Å². The number of hydrogen-bond acceptors (Lipinski definition) is 6. The van der Waals surface area contributed by atoms with E-state index >= 15 is 0 Å². The summed E-state index contributed by atoms with van der Waals surface area (Å²) in [5.74, 6) is 2.58. The molecule has 2 atom stereocenters. The van der Waals surface area contributed by atoms with Gasteiger partial charge in [0.1, 0.15) is 17.3 Å². The van der Waals surface area contributed by atoms with Gasteiger partial charge in [-0.2, -0.15) is 0 Å². The highest BCUT2D eigenvalue weighted by molar-refractivity contribution is 7.84. The molecule has 27 heavy (non-hydrogen) atoms. The number of rotatable bonds is 6. The van der Waals surface area contributed by atoms with Crippen LogP contribution in [0.15, 0.2) is 6.33 Å². The average molecular weight is 408 g/mol. The summed E-state index contributed by atoms with van der Waals surface area (Å²) in [6, 6.07) is 0.661. The van der Waals surface area contributed by atoms with E-state index in [2.05, 4.69) is 29.0 Å². The van der Waals surface area contributed by atoms with E-state index in [1.165, 1.54) is 23.3 Å². The molecule has 2 aliphatic carbocycles. The molecule has 4 rings (SSSR count). The Bertz CT molecular complexity index is 828. The Morgan fingerprint density at radius 3 is 2.70 bits per heavy atom. The van der Waals surface area contributed by atoms with Gasteiger partial charge < -0.3 is 9.64 Å². The summed E-state index contributed by atoms with van der Waals surface area (Å²) in [6.45, 7) is 2.00. The molecule has 0 amide bonds. The Morgan fingerprint density at radius 1 is 1.22 bits per heavy atom. The van der Waals surface area contributed by atoms with Crippen molar-refractivity contribution in [1.29, 1.82) is 0 Å². The van der Waals surface area contributed by atoms with Gasteiger partial charge in [0.2, 0.25) is 5.88 Å². The SMILES string of the molecule is CCS(=O)C[C@@H]1CCc2sc3ncnc(OC4CCC(N(C)C)CC4)c3c21. The fraction of sp³-hybridized carbons (Fsp3) is 0.700. The second kappa shape index (κ2) is 8.13. The van der Waals surface area contributed by atoms with E-state index in [0.29, 0.717) is 12.0 Å². The molecule has 2 aromatic rings. The Morgan fingerprint density at radius 2 is 2.00 bits per heavy atom. The summed E-state index contributed by atoms with van der Waals surface area (Å²) in [4.78, 5) is 13.8. The average Bonchev–Trinajstić information content (AvgIpc) is 3.22. The van der Waals surface area contributed by atoms with Gasteiger partial charge in [-0.05, 0) is 64.1 Å². The topological polar surface area (TPSA) is 55.3 Å². The number of fused-ring (bicyclic) bond motifs is 3. The summed E-state index contributed by atoms with van der Waals surface area (Å²) in [6.07, 6.45) is 8.51. The molecule has 0 saturated heterocycles. The van der Waals surface area contributed by atoms with Gasteiger partial charge in [0.05, 0.1) is 5.39 Å². The Labute approximate surface area is 168 Å². The first kappa shape index (κ1) is 19.3. The first-order chi connectivity index (χ1) is 13.1. The van der Waals surface area contributed by atoms with Gasteiger partial charge in [-0.1, -0.05) is 6.92 Å². The molecule has 2 aliphatic rings. The molecule has 2 aromatic heterocycles. The van der Waals surface area contributed by atoms with Gasteiger partial charge in [-0.15, -0.1) is 11.3 Å². The van der Waals surface area contributed by atoms with Crippen LogP contribution in [0.4, 0.5) is 0 Å². The number of thiophene rings is 1. The fourth-order valence-corrected chi connectivity index (χ4v) is 6.72. The van der Waals surface area contributed by atoms with Crippen LogP contribution in [0, 0.1) is 0 Å². The molecular weight excluding hydrogens is 378 g/mol. The maximum Gasteiger partial charge on any atom is 0.225 e. The van der Waals surface area contributed by atoms with E-state index in [4.69, 9.17) is 4.74 Å². The van der Waals surface area contributed by atoms with Crippen molar-refractivity contribution < 1.29 is 8.95 Å². The quantitative estimate of drug-likeness (QED) is 0.730. The van der Waals surface area contributed by atoms with E-state index in [0.717, 1.165) is 53.3 Å². The van der Waals surface area contributed by atoms with E-state index in [-0.39, 0.29) is 6.10 Å². The molecule has 0 spiro atoms. The minimum Gasteiger partial charge on any atom is -0.474 e. The Balaban J connectivity index is 1.58. The van der Waals surface area contributed by atoms with Crippen LogP contribution in [0.5, 0.6) is 5.88 Å². The highest BCUT2D eigenvalue weighted by Gasteiger charge is 2.32. The van der Waals surface area contributed by atoms with Gasteiger partial charge in [-0.3, -0.25) is 4.21 Å². The molecule has 0 N–H and O–H groups in total. The van der Waals surface area contributed by atoms with Gasteiger partial charge in [0.25, 0.3) is 0 Å². The molecule has 1 saturated carbocycles. The third-order valence-corrected chi connectivity index (χ3v) is 8.65. The Hall–Kier alpha value is -1.05. The smallest absolute Gasteiger partial charge is 0.225 e. The summed E-state index contributed by atoms with van der Waals surface area (Å²) >= 11 is 1.77. The number of ether oxygens (including phenoxy) is 1. The van der Waals surface area contributed by atoms with Crippen LogP contribution < -0.4 is 4.74 Å². The Kier molecular flexibility index (Phi) is 5.81. The van der Waals surface area contributed by atoms with Gasteiger partial charge in [0.15, 0.2) is 0 Å². The van der Waals surface area contributed by atoms with Gasteiger partial charge >= 0.3 is 0 Å². The van der Waals surface area contributed by atoms with Crippen molar-refractivity contribution in [3.63, 3.8) is 0 Å². The third kappa shape index (κ3) is 3.91. The van der Waals surface area contributed by atoms with Crippen LogP contribution in [0.2, 0.25) is 0 Å². The fourth-order valence-electron chi connectivity index (χ4n) is 4.48. The van der Waals surface area contributed by atoms with Crippen LogP contribution in [0.3, 0.4) is 0 Å². The maximum absolute atomic E-state index is 12.2. The second-order valence-corrected chi connectivity index (χ2v) is 10.8. The minimum absolute atomic E-state index is 0.236. The predicted molar refractivity (Wildman–Crippen MR) is 112 cm³/mol. The second-order valence-electron chi connectivity index (χ2n) is 7.94. The van der Waals surface area contributed by atoms with Gasteiger partial charge in [-0.25, -0.2) is 9.97 Å². The normalized spacial score (nSPS) is 26.4. The molecule has 0 radical (unpaired) electrons. The summed E-state index contributed by atoms with van der Waals surface area (Å²) in [7, 11) is 3.57. The van der Waals surface area contributed by atoms with Crippen LogP contribution in [0.25, 0.3) is 10.2 Å². The summed E-state index contributed by atoms with van der Waals surface area (Å²) in [5, 5.41) is 1.10. The molecule has 148 valence electrons. The summed E-state index contributed by atoms with van der Waals surface area (Å²) in [5.41, 5.74) is 1.33. The minimum atomic E-state index is -0.754. The molecule has 0 aromatic carbocycles. The molecule has 5 nitrogen and oxygen atoms in total. The van der Waals surface area contributed by atoms with Crippen molar-refractivity contribution in [2.24, 2.45) is 0 Å². The number of hydrogen-bond donors (Lipinski definition) is 0. The lowest BCUT2D eigenvalue weighted by Gasteiger charge is -2.32. The van der Waals surface area contributed by atoms with Crippen molar-refractivity contribution in [2.75, 3.05) is 25.6 Å². The maximum atomic E-state index is 12.2. The highest BCUT2D eigenvalue weighted by Crippen LogP contribution is 2.46. The van der Waals surface area contributed by atoms with E-state index in [9.17, 15) is 4.21 Å². The van der Waals surface area contributed by atoms with E-state index in [1.54, 1.807) is 17.7 Å². The van der Waals surface area contributed by atoms with Crippen LogP contribution in [-0.2, 0) is 17.2 Å². The largest absolute Gasteiger partial charge is 0.474 e. The number of aromatic nitrogens is 2. The zero-order chi connectivity index (χ0) is 19.0. The van der Waals surface area contributed by atoms with E-state index < -0.39 is 10.8 Å². The third-order valence-electron chi connectivity index (χ3n) is 6.06. The lowest BCUT2D eigenvalue weighted by Crippen LogP contribution is -2.35. The molecule has 7 heteroatoms. The lowest BCUT2D eigenvalue weighted by atomic mass is 9.92. The standard InChI is InChI=1S/C20H29N3O2S2/c1-4-27(24)11-13-5-10-16-17(13)18-19(21-12-22-20(18)26-16)25-15-8-6-14(7-9-15)23(2)3/h12-15H,4-11H2,1-3H3/t13-,14?,15?,27?/m0/s1. The van der Waals surface area contributed by atoms with Crippen molar-refractivity contribution >= 4 is 32.4 Å². The van der Waals surface area contributed by atoms with Crippen LogP contribution >= 0.6 is 11.3 Å². The molecular formula is C20H29N3O2S2. The first-order valence-electron chi connectivity index (χ1n) is 10.0. The number of aryl methyl sites for hydroxylation is 1.